The number of benzene rings is 4. The van der Waals surface area contributed by atoms with Gasteiger partial charge in [0.2, 0.25) is 0 Å². The third kappa shape index (κ3) is 5.49. The Labute approximate surface area is 215 Å². The van der Waals surface area contributed by atoms with Crippen LogP contribution in [0.4, 0.5) is 5.82 Å². The Hall–Kier alpha value is -4.97. The molecule has 5 aromatic rings. The molecule has 0 aliphatic rings. The van der Waals surface area contributed by atoms with E-state index >= 15 is 0 Å². The minimum absolute atomic E-state index is 0.337. The van der Waals surface area contributed by atoms with Crippen LogP contribution in [-0.4, -0.2) is 29.1 Å². The molecular formula is C31H25N3O3. The highest BCUT2D eigenvalue weighted by molar-refractivity contribution is 5.91. The third-order valence-corrected chi connectivity index (χ3v) is 5.78. The molecule has 0 aliphatic carbocycles. The number of nitrogens with zero attached hydrogens (tertiary/aromatic N) is 3. The molecule has 1 aromatic heterocycles. The Bertz CT molecular complexity index is 1540. The van der Waals surface area contributed by atoms with Gasteiger partial charge >= 0.3 is 5.97 Å². The van der Waals surface area contributed by atoms with Crippen molar-refractivity contribution >= 4 is 18.0 Å². The lowest BCUT2D eigenvalue weighted by Gasteiger charge is -2.10. The van der Waals surface area contributed by atoms with E-state index in [1.807, 2.05) is 53.2 Å². The molecule has 37 heavy (non-hydrogen) atoms. The number of aryl methyl sites for hydroxylation is 1. The van der Waals surface area contributed by atoms with E-state index in [1.54, 1.807) is 42.6 Å². The molecule has 0 spiro atoms. The van der Waals surface area contributed by atoms with Crippen molar-refractivity contribution in [2.24, 2.45) is 4.99 Å². The molecule has 0 fully saturated rings. The molecule has 4 aromatic carbocycles. The zero-order valence-corrected chi connectivity index (χ0v) is 20.5. The van der Waals surface area contributed by atoms with Crippen LogP contribution in [0.3, 0.4) is 0 Å². The number of carbonyl (C=O) groups excluding carboxylic acids is 1. The first-order valence-electron chi connectivity index (χ1n) is 11.8. The highest BCUT2D eigenvalue weighted by Gasteiger charge is 2.13. The lowest BCUT2D eigenvalue weighted by molar-refractivity contribution is 0.0729. The van der Waals surface area contributed by atoms with Crippen molar-refractivity contribution in [1.29, 1.82) is 0 Å². The Morgan fingerprint density at radius 2 is 1.54 bits per heavy atom. The van der Waals surface area contributed by atoms with Gasteiger partial charge in [0.15, 0.2) is 17.3 Å². The average molecular weight is 488 g/mol. The van der Waals surface area contributed by atoms with Crippen LogP contribution < -0.4 is 9.47 Å². The summed E-state index contributed by atoms with van der Waals surface area (Å²) >= 11 is 0. The first-order valence-corrected chi connectivity index (χ1v) is 11.8. The summed E-state index contributed by atoms with van der Waals surface area (Å²) in [5.74, 6) is 1.01. The number of esters is 1. The van der Waals surface area contributed by atoms with Crippen LogP contribution in [0.2, 0.25) is 0 Å². The molecule has 1 heterocycles. The number of para-hydroxylation sites is 1. The average Bonchev–Trinajstić information content (AvgIpc) is 3.38. The second-order valence-electron chi connectivity index (χ2n) is 8.43. The van der Waals surface area contributed by atoms with Crippen LogP contribution in [-0.2, 0) is 0 Å². The van der Waals surface area contributed by atoms with Crippen LogP contribution in [0.15, 0.2) is 114 Å². The Kier molecular flexibility index (Phi) is 6.90. The molecule has 6 nitrogen and oxygen atoms in total. The van der Waals surface area contributed by atoms with E-state index in [2.05, 4.69) is 31.2 Å². The lowest BCUT2D eigenvalue weighted by atomic mass is 10.1. The largest absolute Gasteiger partial charge is 0.493 e. The molecule has 182 valence electrons. The monoisotopic (exact) mass is 487 g/mol. The SMILES string of the molecule is COc1cc(C=Nc2cc(-c3ccc(C)cc3)nn2-c2ccccc2)ccc1OC(=O)c1ccccc1. The van der Waals surface area contributed by atoms with E-state index in [9.17, 15) is 4.79 Å². The summed E-state index contributed by atoms with van der Waals surface area (Å²) in [7, 11) is 1.54. The van der Waals surface area contributed by atoms with Gasteiger partial charge < -0.3 is 9.47 Å². The predicted octanol–water partition coefficient (Wildman–Crippen LogP) is 6.83. The number of methoxy groups -OCH3 is 1. The molecule has 5 rings (SSSR count). The lowest BCUT2D eigenvalue weighted by Crippen LogP contribution is -2.09. The Morgan fingerprint density at radius 3 is 2.24 bits per heavy atom. The molecule has 0 amide bonds. The number of aliphatic imine (C=N–C) groups is 1. The number of rotatable bonds is 7. The topological polar surface area (TPSA) is 65.7 Å². The fraction of sp³-hybridized carbons (Fsp3) is 0.0645. The van der Waals surface area contributed by atoms with Gasteiger partial charge in [-0.2, -0.15) is 5.10 Å². The van der Waals surface area contributed by atoms with Gasteiger partial charge in [0.1, 0.15) is 0 Å². The van der Waals surface area contributed by atoms with Gasteiger partial charge in [-0.1, -0.05) is 66.2 Å². The van der Waals surface area contributed by atoms with Crippen molar-refractivity contribution in [3.8, 4) is 28.4 Å². The van der Waals surface area contributed by atoms with Crippen molar-refractivity contribution < 1.29 is 14.3 Å². The summed E-state index contributed by atoms with van der Waals surface area (Å²) in [6.45, 7) is 2.06. The van der Waals surface area contributed by atoms with Crippen LogP contribution in [0.25, 0.3) is 16.9 Å². The van der Waals surface area contributed by atoms with E-state index in [-0.39, 0.29) is 0 Å². The Balaban J connectivity index is 1.44. The Morgan fingerprint density at radius 1 is 0.838 bits per heavy atom. The molecule has 0 bridgehead atoms. The number of hydrogen-bond acceptors (Lipinski definition) is 5. The summed E-state index contributed by atoms with van der Waals surface area (Å²) in [4.78, 5) is 17.2. The van der Waals surface area contributed by atoms with Crippen LogP contribution >= 0.6 is 0 Å². The minimum atomic E-state index is -0.448. The van der Waals surface area contributed by atoms with E-state index in [0.717, 1.165) is 22.5 Å². The minimum Gasteiger partial charge on any atom is -0.493 e. The van der Waals surface area contributed by atoms with Crippen molar-refractivity contribution in [3.05, 3.63) is 126 Å². The van der Waals surface area contributed by atoms with E-state index < -0.39 is 5.97 Å². The summed E-state index contributed by atoms with van der Waals surface area (Å²) in [5.41, 5.74) is 5.20. The number of hydrogen-bond donors (Lipinski definition) is 0. The number of aromatic nitrogens is 2. The molecule has 0 saturated carbocycles. The second kappa shape index (κ2) is 10.7. The van der Waals surface area contributed by atoms with Gasteiger partial charge in [0, 0.05) is 17.8 Å². The normalized spacial score (nSPS) is 11.0. The smallest absolute Gasteiger partial charge is 0.343 e. The van der Waals surface area contributed by atoms with E-state index in [0.29, 0.717) is 22.9 Å². The van der Waals surface area contributed by atoms with Gasteiger partial charge in [0.05, 0.1) is 24.1 Å². The zero-order valence-electron chi connectivity index (χ0n) is 20.5. The molecule has 0 unspecified atom stereocenters. The van der Waals surface area contributed by atoms with Crippen LogP contribution in [0, 0.1) is 6.92 Å². The highest BCUT2D eigenvalue weighted by atomic mass is 16.6. The maximum atomic E-state index is 12.5. The second-order valence-corrected chi connectivity index (χ2v) is 8.43. The van der Waals surface area contributed by atoms with Crippen molar-refractivity contribution in [1.82, 2.24) is 9.78 Å². The zero-order chi connectivity index (χ0) is 25.6. The molecular weight excluding hydrogens is 462 g/mol. The number of ether oxygens (including phenoxy) is 2. The molecule has 0 aliphatic heterocycles. The summed E-state index contributed by atoms with van der Waals surface area (Å²) in [6.07, 6.45) is 1.74. The van der Waals surface area contributed by atoms with Gasteiger partial charge in [-0.15, -0.1) is 0 Å². The first kappa shape index (κ1) is 23.8. The van der Waals surface area contributed by atoms with Crippen molar-refractivity contribution in [2.45, 2.75) is 6.92 Å². The molecule has 0 N–H and O–H groups in total. The fourth-order valence-corrected chi connectivity index (χ4v) is 3.81. The summed E-state index contributed by atoms with van der Waals surface area (Å²) in [5, 5.41) is 4.82. The molecule has 0 atom stereocenters. The van der Waals surface area contributed by atoms with E-state index in [4.69, 9.17) is 19.6 Å². The maximum Gasteiger partial charge on any atom is 0.343 e. The van der Waals surface area contributed by atoms with Crippen LogP contribution in [0.5, 0.6) is 11.5 Å². The number of carbonyl (C=O) groups is 1. The third-order valence-electron chi connectivity index (χ3n) is 5.78. The quantitative estimate of drug-likeness (QED) is 0.143. The molecule has 6 heteroatoms. The standard InChI is InChI=1S/C31H25N3O3/c1-22-13-16-24(17-14-22)27-20-30(34(33-27)26-11-7-4-8-12-26)32-21-23-15-18-28(29(19-23)36-2)37-31(35)25-9-5-3-6-10-25/h3-21H,1-2H3. The van der Waals surface area contributed by atoms with Gasteiger partial charge in [-0.3, -0.25) is 0 Å². The highest BCUT2D eigenvalue weighted by Crippen LogP contribution is 2.30. The van der Waals surface area contributed by atoms with Crippen molar-refractivity contribution in [3.63, 3.8) is 0 Å². The summed E-state index contributed by atoms with van der Waals surface area (Å²) in [6, 6.07) is 34.2. The predicted molar refractivity (Wildman–Crippen MR) is 145 cm³/mol. The first-order chi connectivity index (χ1) is 18.1. The molecule has 0 radical (unpaired) electrons. The summed E-state index contributed by atoms with van der Waals surface area (Å²) < 4.78 is 12.9. The van der Waals surface area contributed by atoms with Gasteiger partial charge in [0.25, 0.3) is 0 Å². The molecule has 0 saturated heterocycles. The van der Waals surface area contributed by atoms with Crippen molar-refractivity contribution in [2.75, 3.05) is 7.11 Å². The fourth-order valence-electron chi connectivity index (χ4n) is 3.81. The van der Waals surface area contributed by atoms with E-state index in [1.165, 1.54) is 12.7 Å². The maximum absolute atomic E-state index is 12.5. The van der Waals surface area contributed by atoms with Gasteiger partial charge in [-0.05, 0) is 55.0 Å². The van der Waals surface area contributed by atoms with Gasteiger partial charge in [-0.25, -0.2) is 14.5 Å². The van der Waals surface area contributed by atoms with Crippen LogP contribution in [0.1, 0.15) is 21.5 Å².